The number of aliphatic carboxylic acids is 1. The predicted molar refractivity (Wildman–Crippen MR) is 84.5 cm³/mol. The maximum absolute atomic E-state index is 11.6. The quantitative estimate of drug-likeness (QED) is 0.473. The average Bonchev–Trinajstić information content (AvgIpc) is 2.52. The Labute approximate surface area is 130 Å². The molecule has 6 heteroatoms. The van der Waals surface area contributed by atoms with Gasteiger partial charge in [0.1, 0.15) is 11.8 Å². The molecule has 1 rings (SSSR count). The number of carbonyl (C=O) groups excluding carboxylic acids is 1. The van der Waals surface area contributed by atoms with E-state index in [9.17, 15) is 9.59 Å². The molecule has 0 radical (unpaired) electrons. The van der Waals surface area contributed by atoms with Crippen molar-refractivity contribution in [1.29, 1.82) is 0 Å². The first-order chi connectivity index (χ1) is 10.5. The first-order valence-corrected chi connectivity index (χ1v) is 7.11. The standard InChI is InChI=1S/C16H22N2O4/c1-22-13-8-5-12(6-9-13)7-10-15(19)18-11-3-2-4-14(17)16(20)21/h5-10,14H,2-4,11,17H2,1H3,(H,18,19)(H,20,21)/t14-/m0/s1. The Bertz CT molecular complexity index is 511. The molecule has 0 aliphatic carbocycles. The van der Waals surface area contributed by atoms with Crippen molar-refractivity contribution in [2.45, 2.75) is 25.3 Å². The second-order valence-electron chi connectivity index (χ2n) is 4.84. The fourth-order valence-corrected chi connectivity index (χ4v) is 1.77. The normalized spacial score (nSPS) is 12.1. The molecule has 1 aromatic rings. The number of carboxylic acid groups (broad SMARTS) is 1. The molecule has 0 saturated carbocycles. The van der Waals surface area contributed by atoms with Gasteiger partial charge >= 0.3 is 5.97 Å². The van der Waals surface area contributed by atoms with Gasteiger partial charge in [-0.1, -0.05) is 12.1 Å². The molecule has 120 valence electrons. The van der Waals surface area contributed by atoms with E-state index >= 15 is 0 Å². The summed E-state index contributed by atoms with van der Waals surface area (Å²) in [7, 11) is 1.60. The van der Waals surface area contributed by atoms with Crippen molar-refractivity contribution in [2.75, 3.05) is 13.7 Å². The molecular formula is C16H22N2O4. The number of amides is 1. The predicted octanol–water partition coefficient (Wildman–Crippen LogP) is 1.41. The summed E-state index contributed by atoms with van der Waals surface area (Å²) in [5.74, 6) is -0.411. The summed E-state index contributed by atoms with van der Waals surface area (Å²) in [6.07, 6.45) is 4.95. The Hall–Kier alpha value is -2.34. The molecule has 1 atom stereocenters. The van der Waals surface area contributed by atoms with Gasteiger partial charge in [-0.2, -0.15) is 0 Å². The minimum atomic E-state index is -0.994. The van der Waals surface area contributed by atoms with E-state index in [1.807, 2.05) is 24.3 Å². The van der Waals surface area contributed by atoms with E-state index in [1.54, 1.807) is 13.2 Å². The van der Waals surface area contributed by atoms with E-state index in [0.29, 0.717) is 25.8 Å². The number of benzene rings is 1. The van der Waals surface area contributed by atoms with Gasteiger partial charge in [0, 0.05) is 12.6 Å². The van der Waals surface area contributed by atoms with Gasteiger partial charge in [0.25, 0.3) is 0 Å². The summed E-state index contributed by atoms with van der Waals surface area (Å²) in [6.45, 7) is 0.498. The zero-order chi connectivity index (χ0) is 16.4. The average molecular weight is 306 g/mol. The Morgan fingerprint density at radius 3 is 2.59 bits per heavy atom. The zero-order valence-electron chi connectivity index (χ0n) is 12.6. The third-order valence-electron chi connectivity index (χ3n) is 3.10. The van der Waals surface area contributed by atoms with Crippen LogP contribution >= 0.6 is 0 Å². The van der Waals surface area contributed by atoms with Gasteiger partial charge in [0.15, 0.2) is 0 Å². The lowest BCUT2D eigenvalue weighted by Crippen LogP contribution is -2.30. The second kappa shape index (κ2) is 9.57. The molecule has 0 aliphatic rings. The highest BCUT2D eigenvalue weighted by atomic mass is 16.5. The maximum atomic E-state index is 11.6. The molecule has 4 N–H and O–H groups in total. The van der Waals surface area contributed by atoms with Crippen LogP contribution in [0.3, 0.4) is 0 Å². The van der Waals surface area contributed by atoms with Crippen molar-refractivity contribution in [3.63, 3.8) is 0 Å². The molecule has 6 nitrogen and oxygen atoms in total. The summed E-state index contributed by atoms with van der Waals surface area (Å²) >= 11 is 0. The van der Waals surface area contributed by atoms with Crippen LogP contribution in [0, 0.1) is 0 Å². The molecular weight excluding hydrogens is 284 g/mol. The molecule has 22 heavy (non-hydrogen) atoms. The minimum Gasteiger partial charge on any atom is -0.497 e. The Morgan fingerprint density at radius 1 is 1.32 bits per heavy atom. The van der Waals surface area contributed by atoms with Crippen LogP contribution in [0.1, 0.15) is 24.8 Å². The summed E-state index contributed by atoms with van der Waals surface area (Å²) in [6, 6.07) is 6.53. The molecule has 0 heterocycles. The number of carbonyl (C=O) groups is 2. The van der Waals surface area contributed by atoms with Crippen LogP contribution in [0.4, 0.5) is 0 Å². The van der Waals surface area contributed by atoms with Gasteiger partial charge in [-0.3, -0.25) is 9.59 Å². The fraction of sp³-hybridized carbons (Fsp3) is 0.375. The van der Waals surface area contributed by atoms with Gasteiger partial charge in [-0.15, -0.1) is 0 Å². The van der Waals surface area contributed by atoms with E-state index in [1.165, 1.54) is 6.08 Å². The fourth-order valence-electron chi connectivity index (χ4n) is 1.77. The van der Waals surface area contributed by atoms with Gasteiger partial charge in [0.2, 0.25) is 5.91 Å². The molecule has 1 aromatic carbocycles. The Kier molecular flexibility index (Phi) is 7.70. The number of carboxylic acids is 1. The van der Waals surface area contributed by atoms with Gasteiger partial charge in [-0.05, 0) is 43.0 Å². The number of unbranched alkanes of at least 4 members (excludes halogenated alkanes) is 1. The van der Waals surface area contributed by atoms with Crippen LogP contribution in [0.25, 0.3) is 6.08 Å². The van der Waals surface area contributed by atoms with Crippen LogP contribution in [-0.2, 0) is 9.59 Å². The lowest BCUT2D eigenvalue weighted by molar-refractivity contribution is -0.138. The topological polar surface area (TPSA) is 102 Å². The van der Waals surface area contributed by atoms with Crippen LogP contribution in [0.15, 0.2) is 30.3 Å². The highest BCUT2D eigenvalue weighted by Gasteiger charge is 2.09. The lowest BCUT2D eigenvalue weighted by Gasteiger charge is -2.06. The number of methoxy groups -OCH3 is 1. The van der Waals surface area contributed by atoms with E-state index in [-0.39, 0.29) is 5.91 Å². The highest BCUT2D eigenvalue weighted by molar-refractivity contribution is 5.91. The minimum absolute atomic E-state index is 0.182. The number of nitrogens with two attached hydrogens (primary N) is 1. The Morgan fingerprint density at radius 2 is 2.00 bits per heavy atom. The van der Waals surface area contributed by atoms with Gasteiger partial charge in [0.05, 0.1) is 7.11 Å². The zero-order valence-corrected chi connectivity index (χ0v) is 12.6. The van der Waals surface area contributed by atoms with E-state index in [4.69, 9.17) is 15.6 Å². The van der Waals surface area contributed by atoms with Crippen molar-refractivity contribution in [3.8, 4) is 5.75 Å². The highest BCUT2D eigenvalue weighted by Crippen LogP contribution is 2.12. The van der Waals surface area contributed by atoms with Crippen LogP contribution in [0.5, 0.6) is 5.75 Å². The van der Waals surface area contributed by atoms with Crippen molar-refractivity contribution < 1.29 is 19.4 Å². The van der Waals surface area contributed by atoms with Crippen LogP contribution < -0.4 is 15.8 Å². The summed E-state index contributed by atoms with van der Waals surface area (Å²) in [4.78, 5) is 22.1. The molecule has 1 amide bonds. The lowest BCUT2D eigenvalue weighted by atomic mass is 10.1. The molecule has 0 aliphatic heterocycles. The monoisotopic (exact) mass is 306 g/mol. The van der Waals surface area contributed by atoms with Crippen LogP contribution in [0.2, 0.25) is 0 Å². The molecule has 0 spiro atoms. The molecule has 0 saturated heterocycles. The molecule has 0 unspecified atom stereocenters. The third kappa shape index (κ3) is 6.90. The number of nitrogens with one attached hydrogen (secondary N) is 1. The van der Waals surface area contributed by atoms with Gasteiger partial charge in [-0.25, -0.2) is 0 Å². The van der Waals surface area contributed by atoms with Crippen molar-refractivity contribution in [3.05, 3.63) is 35.9 Å². The van der Waals surface area contributed by atoms with E-state index in [2.05, 4.69) is 5.32 Å². The van der Waals surface area contributed by atoms with Crippen molar-refractivity contribution in [2.24, 2.45) is 5.73 Å². The largest absolute Gasteiger partial charge is 0.497 e. The number of hydrogen-bond donors (Lipinski definition) is 3. The molecule has 0 bridgehead atoms. The van der Waals surface area contributed by atoms with Crippen LogP contribution in [-0.4, -0.2) is 36.7 Å². The third-order valence-corrected chi connectivity index (χ3v) is 3.10. The SMILES string of the molecule is COc1ccc(C=CC(=O)NCCCC[C@H](N)C(=O)O)cc1. The van der Waals surface area contributed by atoms with E-state index < -0.39 is 12.0 Å². The first kappa shape index (κ1) is 17.7. The maximum Gasteiger partial charge on any atom is 0.320 e. The Balaban J connectivity index is 2.22. The summed E-state index contributed by atoms with van der Waals surface area (Å²) in [5, 5.41) is 11.4. The van der Waals surface area contributed by atoms with E-state index in [0.717, 1.165) is 11.3 Å². The van der Waals surface area contributed by atoms with Crippen molar-refractivity contribution in [1.82, 2.24) is 5.32 Å². The number of rotatable bonds is 9. The summed E-state index contributed by atoms with van der Waals surface area (Å²) in [5.41, 5.74) is 6.29. The number of ether oxygens (including phenoxy) is 1. The molecule has 0 fully saturated rings. The summed E-state index contributed by atoms with van der Waals surface area (Å²) < 4.78 is 5.05. The first-order valence-electron chi connectivity index (χ1n) is 7.11. The second-order valence-corrected chi connectivity index (χ2v) is 4.84. The number of hydrogen-bond acceptors (Lipinski definition) is 4. The molecule has 0 aromatic heterocycles. The van der Waals surface area contributed by atoms with Gasteiger partial charge < -0.3 is 20.9 Å². The smallest absolute Gasteiger partial charge is 0.320 e. The van der Waals surface area contributed by atoms with Crippen molar-refractivity contribution >= 4 is 18.0 Å².